The van der Waals surface area contributed by atoms with Gasteiger partial charge in [-0.1, -0.05) is 0 Å². The summed E-state index contributed by atoms with van der Waals surface area (Å²) in [7, 11) is -4.04. The Kier molecular flexibility index (Phi) is 3.60. The topological polar surface area (TPSA) is 105 Å². The number of anilines is 1. The molecule has 2 rings (SSSR count). The maximum atomic E-state index is 11.2. The predicted octanol–water partition coefficient (Wildman–Crippen LogP) is -0.358. The van der Waals surface area contributed by atoms with Crippen LogP contribution in [0.25, 0.3) is 0 Å². The van der Waals surface area contributed by atoms with Crippen LogP contribution < -0.4 is 13.7 Å². The van der Waals surface area contributed by atoms with Crippen molar-refractivity contribution < 1.29 is 27.0 Å². The molecule has 0 bridgehead atoms. The second-order valence-electron chi connectivity index (χ2n) is 3.62. The molecule has 0 amide bonds. The number of fused-ring (bicyclic) bond motifs is 1. The lowest BCUT2D eigenvalue weighted by atomic mass is 10.1. The number of benzene rings is 1. The molecular weight excluding hydrogens is 262 g/mol. The summed E-state index contributed by atoms with van der Waals surface area (Å²) in [6.45, 7) is 0.0871. The van der Waals surface area contributed by atoms with Gasteiger partial charge in [-0.3, -0.25) is 0 Å². The second-order valence-corrected chi connectivity index (χ2v) is 4.77. The van der Waals surface area contributed by atoms with Crippen LogP contribution in [0.5, 0.6) is 11.5 Å². The molecule has 100 valence electrons. The minimum atomic E-state index is -4.04. The van der Waals surface area contributed by atoms with Gasteiger partial charge in [0.1, 0.15) is 0 Å². The molecule has 1 aliphatic rings. The Hall–Kier alpha value is -1.51. The number of rotatable bonds is 5. The molecule has 0 atom stereocenters. The average molecular weight is 275 g/mol. The molecular formula is C10H13NO6S. The summed E-state index contributed by atoms with van der Waals surface area (Å²) in [6.07, 6.45) is 0.218. The van der Waals surface area contributed by atoms with Crippen molar-refractivity contribution in [1.82, 2.24) is 0 Å². The minimum Gasteiger partial charge on any atom is -0.396 e. The Balaban J connectivity index is 2.40. The molecule has 1 heterocycles. The van der Waals surface area contributed by atoms with E-state index in [2.05, 4.69) is 9.50 Å². The molecule has 18 heavy (non-hydrogen) atoms. The smallest absolute Gasteiger partial charge is 0.396 e. The molecule has 3 N–H and O–H groups in total. The van der Waals surface area contributed by atoms with Crippen LogP contribution in [0.1, 0.15) is 5.56 Å². The number of hydrogen-bond donors (Lipinski definition) is 3. The van der Waals surface area contributed by atoms with Crippen molar-refractivity contribution in [2.75, 3.05) is 25.1 Å². The Labute approximate surface area is 104 Å². The van der Waals surface area contributed by atoms with Gasteiger partial charge >= 0.3 is 10.4 Å². The number of aliphatic hydroxyl groups is 2. The van der Waals surface area contributed by atoms with E-state index in [4.69, 9.17) is 14.4 Å². The SMILES string of the molecule is O=S1(=O)Oc2ccc(NCCO)c(CCO)c2O1. The average Bonchev–Trinajstić information content (AvgIpc) is 2.63. The highest BCUT2D eigenvalue weighted by Gasteiger charge is 2.31. The Morgan fingerprint density at radius 2 is 1.94 bits per heavy atom. The molecule has 0 saturated carbocycles. The van der Waals surface area contributed by atoms with Crippen LogP contribution in [0, 0.1) is 0 Å². The van der Waals surface area contributed by atoms with Gasteiger partial charge in [-0.25, -0.2) is 0 Å². The predicted molar refractivity (Wildman–Crippen MR) is 63.0 cm³/mol. The van der Waals surface area contributed by atoms with Crippen molar-refractivity contribution in [2.24, 2.45) is 0 Å². The van der Waals surface area contributed by atoms with Gasteiger partial charge in [0.25, 0.3) is 0 Å². The first kappa shape index (κ1) is 12.9. The molecule has 7 nitrogen and oxygen atoms in total. The first-order valence-corrected chi connectivity index (χ1v) is 6.66. The maximum Gasteiger partial charge on any atom is 0.501 e. The summed E-state index contributed by atoms with van der Waals surface area (Å²) < 4.78 is 31.8. The molecule has 0 unspecified atom stereocenters. The summed E-state index contributed by atoms with van der Waals surface area (Å²) in [5.41, 5.74) is 1.10. The third-order valence-electron chi connectivity index (χ3n) is 2.39. The van der Waals surface area contributed by atoms with E-state index in [1.165, 1.54) is 6.07 Å². The van der Waals surface area contributed by atoms with Crippen molar-refractivity contribution in [1.29, 1.82) is 0 Å². The standard InChI is InChI=1S/C10H13NO6S/c12-5-3-7-8(11-4-6-13)1-2-9-10(7)17-18(14,15)16-9/h1-2,11-13H,3-6H2. The molecule has 1 aliphatic heterocycles. The molecule has 8 heteroatoms. The van der Waals surface area contributed by atoms with Gasteiger partial charge < -0.3 is 23.9 Å². The highest BCUT2D eigenvalue weighted by molar-refractivity contribution is 7.82. The lowest BCUT2D eigenvalue weighted by molar-refractivity contribution is 0.298. The monoisotopic (exact) mass is 275 g/mol. The Morgan fingerprint density at radius 1 is 1.17 bits per heavy atom. The van der Waals surface area contributed by atoms with Gasteiger partial charge in [0.05, 0.1) is 6.61 Å². The lowest BCUT2D eigenvalue weighted by Gasteiger charge is -2.11. The van der Waals surface area contributed by atoms with Gasteiger partial charge in [-0.05, 0) is 12.1 Å². The fourth-order valence-electron chi connectivity index (χ4n) is 1.71. The van der Waals surface area contributed by atoms with E-state index >= 15 is 0 Å². The molecule has 0 radical (unpaired) electrons. The van der Waals surface area contributed by atoms with E-state index in [0.29, 0.717) is 17.8 Å². The van der Waals surface area contributed by atoms with Gasteiger partial charge in [0, 0.05) is 30.8 Å². The number of nitrogens with one attached hydrogen (secondary N) is 1. The van der Waals surface area contributed by atoms with E-state index in [9.17, 15) is 8.42 Å². The molecule has 0 fully saturated rings. The number of hydrogen-bond acceptors (Lipinski definition) is 7. The molecule has 1 aromatic rings. The summed E-state index contributed by atoms with van der Waals surface area (Å²) in [4.78, 5) is 0. The number of aliphatic hydroxyl groups excluding tert-OH is 2. The quantitative estimate of drug-likeness (QED) is 0.674. The van der Waals surface area contributed by atoms with Gasteiger partial charge in [-0.2, -0.15) is 0 Å². The summed E-state index contributed by atoms with van der Waals surface area (Å²) in [5, 5.41) is 20.7. The van der Waals surface area contributed by atoms with E-state index in [1.807, 2.05) is 0 Å². The lowest BCUT2D eigenvalue weighted by Crippen LogP contribution is -2.10. The van der Waals surface area contributed by atoms with Crippen LogP contribution in [-0.4, -0.2) is 38.4 Å². The summed E-state index contributed by atoms with van der Waals surface area (Å²) in [5.74, 6) is 0.194. The zero-order chi connectivity index (χ0) is 13.2. The van der Waals surface area contributed by atoms with E-state index in [1.54, 1.807) is 6.07 Å². The van der Waals surface area contributed by atoms with Crippen molar-refractivity contribution in [3.8, 4) is 11.5 Å². The highest BCUT2D eigenvalue weighted by atomic mass is 32.3. The second kappa shape index (κ2) is 5.01. The maximum absolute atomic E-state index is 11.2. The van der Waals surface area contributed by atoms with Crippen molar-refractivity contribution in [3.05, 3.63) is 17.7 Å². The largest absolute Gasteiger partial charge is 0.501 e. The third kappa shape index (κ3) is 2.50. The minimum absolute atomic E-state index is 0.0642. The fourth-order valence-corrected chi connectivity index (χ4v) is 2.48. The highest BCUT2D eigenvalue weighted by Crippen LogP contribution is 2.42. The third-order valence-corrected chi connectivity index (χ3v) is 3.15. The first-order chi connectivity index (χ1) is 8.57. The van der Waals surface area contributed by atoms with Gasteiger partial charge in [0.2, 0.25) is 0 Å². The van der Waals surface area contributed by atoms with Crippen molar-refractivity contribution >= 4 is 16.1 Å². The summed E-state index contributed by atoms with van der Waals surface area (Å²) in [6, 6.07) is 3.07. The first-order valence-electron chi connectivity index (χ1n) is 5.33. The van der Waals surface area contributed by atoms with Crippen LogP contribution in [-0.2, 0) is 16.8 Å². The van der Waals surface area contributed by atoms with Crippen LogP contribution in [0.15, 0.2) is 12.1 Å². The van der Waals surface area contributed by atoms with Gasteiger partial charge in [-0.15, -0.1) is 8.42 Å². The molecule has 0 spiro atoms. The Morgan fingerprint density at radius 3 is 2.61 bits per heavy atom. The van der Waals surface area contributed by atoms with Crippen LogP contribution in [0.2, 0.25) is 0 Å². The fraction of sp³-hybridized carbons (Fsp3) is 0.400. The van der Waals surface area contributed by atoms with E-state index in [0.717, 1.165) is 0 Å². The van der Waals surface area contributed by atoms with Crippen molar-refractivity contribution in [2.45, 2.75) is 6.42 Å². The normalized spacial score (nSPS) is 15.7. The molecule has 0 aromatic heterocycles. The van der Waals surface area contributed by atoms with Gasteiger partial charge in [0.15, 0.2) is 11.5 Å². The molecule has 1 aromatic carbocycles. The zero-order valence-electron chi connectivity index (χ0n) is 9.42. The van der Waals surface area contributed by atoms with E-state index in [-0.39, 0.29) is 31.1 Å². The molecule has 0 saturated heterocycles. The zero-order valence-corrected chi connectivity index (χ0v) is 10.2. The Bertz CT molecular complexity index is 542. The van der Waals surface area contributed by atoms with Crippen molar-refractivity contribution in [3.63, 3.8) is 0 Å². The van der Waals surface area contributed by atoms with Crippen LogP contribution >= 0.6 is 0 Å². The van der Waals surface area contributed by atoms with Crippen LogP contribution in [0.4, 0.5) is 5.69 Å². The molecule has 0 aliphatic carbocycles. The summed E-state index contributed by atoms with van der Waals surface area (Å²) >= 11 is 0. The van der Waals surface area contributed by atoms with Crippen LogP contribution in [0.3, 0.4) is 0 Å². The van der Waals surface area contributed by atoms with E-state index < -0.39 is 10.4 Å².